The van der Waals surface area contributed by atoms with Crippen LogP contribution in [0.15, 0.2) is 53.5 Å². The molecule has 3 rings (SSSR count). The molecule has 0 fully saturated rings. The maximum atomic E-state index is 12.8. The highest BCUT2D eigenvalue weighted by Crippen LogP contribution is 2.23. The van der Waals surface area contributed by atoms with Gasteiger partial charge < -0.3 is 9.64 Å². The maximum Gasteiger partial charge on any atom is 0.182 e. The zero-order chi connectivity index (χ0) is 18.4. The zero-order valence-corrected chi connectivity index (χ0v) is 17.8. The number of halogens is 2. The molecule has 1 heterocycles. The minimum absolute atomic E-state index is 0. The highest BCUT2D eigenvalue weighted by molar-refractivity contribution is 8.93. The number of Topliss-reactive ketones (excluding diaryl/α,β-unsaturated/α-hetero) is 1. The van der Waals surface area contributed by atoms with Gasteiger partial charge in [0.05, 0.1) is 13.7 Å². The van der Waals surface area contributed by atoms with Gasteiger partial charge in [0.25, 0.3) is 0 Å². The quantitative estimate of drug-likeness (QED) is 0.557. The Labute approximate surface area is 176 Å². The van der Waals surface area contributed by atoms with Crippen LogP contribution in [-0.4, -0.2) is 31.8 Å². The molecule has 0 radical (unpaired) electrons. The van der Waals surface area contributed by atoms with Crippen LogP contribution in [0.3, 0.4) is 0 Å². The van der Waals surface area contributed by atoms with Gasteiger partial charge in [-0.25, -0.2) is 0 Å². The lowest BCUT2D eigenvalue weighted by molar-refractivity contribution is 0.100. The van der Waals surface area contributed by atoms with Crippen molar-refractivity contribution >= 4 is 45.9 Å². The Bertz CT molecular complexity index is 776. The first-order valence-corrected chi connectivity index (χ1v) is 9.29. The number of rotatable bonds is 5. The largest absolute Gasteiger partial charge is 0.497 e. The summed E-state index contributed by atoms with van der Waals surface area (Å²) < 4.78 is 5.25. The van der Waals surface area contributed by atoms with E-state index in [2.05, 4.69) is 0 Å². The molecule has 0 aliphatic carbocycles. The fourth-order valence-electron chi connectivity index (χ4n) is 3.04. The molecular formula is C21H24BrClN2O2. The SMILES string of the molecule is Br.COc1ccc(N(CC(=O)c2ccc(Cl)cc2)C2=NCCCCC2)cc1. The minimum atomic E-state index is 0. The summed E-state index contributed by atoms with van der Waals surface area (Å²) in [6.07, 6.45) is 4.26. The fraction of sp³-hybridized carbons (Fsp3) is 0.333. The molecule has 2 aromatic carbocycles. The summed E-state index contributed by atoms with van der Waals surface area (Å²) in [6, 6.07) is 14.8. The number of nitrogens with zero attached hydrogens (tertiary/aromatic N) is 2. The lowest BCUT2D eigenvalue weighted by Crippen LogP contribution is -2.36. The molecule has 0 saturated heterocycles. The molecule has 0 atom stereocenters. The fourth-order valence-corrected chi connectivity index (χ4v) is 3.17. The summed E-state index contributed by atoms with van der Waals surface area (Å²) in [5, 5.41) is 0.627. The lowest BCUT2D eigenvalue weighted by Gasteiger charge is -2.26. The Morgan fingerprint density at radius 1 is 1.07 bits per heavy atom. The third-order valence-corrected chi connectivity index (χ3v) is 4.77. The molecule has 0 amide bonds. The number of methoxy groups -OCH3 is 1. The Morgan fingerprint density at radius 2 is 1.78 bits per heavy atom. The van der Waals surface area contributed by atoms with E-state index < -0.39 is 0 Å². The van der Waals surface area contributed by atoms with Crippen LogP contribution in [0, 0.1) is 0 Å². The van der Waals surface area contributed by atoms with Crippen LogP contribution in [0.1, 0.15) is 36.0 Å². The number of carbonyl (C=O) groups is 1. The van der Waals surface area contributed by atoms with E-state index in [9.17, 15) is 4.79 Å². The van der Waals surface area contributed by atoms with Crippen LogP contribution in [0.5, 0.6) is 5.75 Å². The Kier molecular flexibility index (Phi) is 8.32. The van der Waals surface area contributed by atoms with Crippen molar-refractivity contribution in [3.05, 3.63) is 59.1 Å². The van der Waals surface area contributed by atoms with Crippen molar-refractivity contribution in [2.45, 2.75) is 25.7 Å². The van der Waals surface area contributed by atoms with Crippen molar-refractivity contribution in [2.75, 3.05) is 25.1 Å². The molecule has 0 spiro atoms. The van der Waals surface area contributed by atoms with Gasteiger partial charge in [0, 0.05) is 29.2 Å². The summed E-state index contributed by atoms with van der Waals surface area (Å²) >= 11 is 5.93. The van der Waals surface area contributed by atoms with Gasteiger partial charge in [-0.3, -0.25) is 9.79 Å². The highest BCUT2D eigenvalue weighted by Gasteiger charge is 2.19. The van der Waals surface area contributed by atoms with Gasteiger partial charge in [0.2, 0.25) is 0 Å². The molecule has 4 nitrogen and oxygen atoms in total. The third-order valence-electron chi connectivity index (χ3n) is 4.52. The molecule has 6 heteroatoms. The van der Waals surface area contributed by atoms with Crippen LogP contribution in [0.25, 0.3) is 0 Å². The highest BCUT2D eigenvalue weighted by atomic mass is 79.9. The molecule has 144 valence electrons. The topological polar surface area (TPSA) is 41.9 Å². The minimum Gasteiger partial charge on any atom is -0.497 e. The first-order chi connectivity index (χ1) is 12.7. The average Bonchev–Trinajstić information content (AvgIpc) is 2.96. The van der Waals surface area contributed by atoms with Crippen molar-refractivity contribution in [3.63, 3.8) is 0 Å². The van der Waals surface area contributed by atoms with E-state index in [1.165, 1.54) is 6.42 Å². The van der Waals surface area contributed by atoms with Gasteiger partial charge in [-0.2, -0.15) is 0 Å². The van der Waals surface area contributed by atoms with Crippen LogP contribution < -0.4 is 9.64 Å². The van der Waals surface area contributed by atoms with Crippen molar-refractivity contribution in [3.8, 4) is 5.75 Å². The van der Waals surface area contributed by atoms with Gasteiger partial charge in [0.1, 0.15) is 11.6 Å². The van der Waals surface area contributed by atoms with Crippen LogP contribution in [-0.2, 0) is 0 Å². The summed E-state index contributed by atoms with van der Waals surface area (Å²) in [5.41, 5.74) is 1.61. The predicted molar refractivity (Wildman–Crippen MR) is 117 cm³/mol. The molecular weight excluding hydrogens is 428 g/mol. The summed E-state index contributed by atoms with van der Waals surface area (Å²) in [7, 11) is 1.65. The molecule has 0 bridgehead atoms. The van der Waals surface area contributed by atoms with Gasteiger partial charge in [-0.1, -0.05) is 18.0 Å². The van der Waals surface area contributed by atoms with Crippen molar-refractivity contribution in [1.29, 1.82) is 0 Å². The Balaban J connectivity index is 0.00000261. The number of hydrogen-bond donors (Lipinski definition) is 0. The maximum absolute atomic E-state index is 12.8. The molecule has 2 aromatic rings. The van der Waals surface area contributed by atoms with Gasteiger partial charge in [-0.15, -0.1) is 17.0 Å². The zero-order valence-electron chi connectivity index (χ0n) is 15.4. The van der Waals surface area contributed by atoms with E-state index in [0.29, 0.717) is 10.6 Å². The molecule has 0 N–H and O–H groups in total. The van der Waals surface area contributed by atoms with E-state index in [0.717, 1.165) is 43.1 Å². The monoisotopic (exact) mass is 450 g/mol. The van der Waals surface area contributed by atoms with E-state index in [4.69, 9.17) is 21.3 Å². The van der Waals surface area contributed by atoms with Gasteiger partial charge in [0.15, 0.2) is 5.78 Å². The average molecular weight is 452 g/mol. The summed E-state index contributed by atoms with van der Waals surface area (Å²) in [6.45, 7) is 1.07. The number of ketones is 1. The third kappa shape index (κ3) is 5.81. The Morgan fingerprint density at radius 3 is 2.44 bits per heavy atom. The predicted octanol–water partition coefficient (Wildman–Crippen LogP) is 5.59. The molecule has 0 saturated carbocycles. The van der Waals surface area contributed by atoms with Crippen LogP contribution >= 0.6 is 28.6 Å². The second-order valence-electron chi connectivity index (χ2n) is 6.32. The second-order valence-corrected chi connectivity index (χ2v) is 6.76. The number of ether oxygens (including phenoxy) is 1. The number of aliphatic imine (C=N–C) groups is 1. The lowest BCUT2D eigenvalue weighted by atomic mass is 10.1. The van der Waals surface area contributed by atoms with E-state index >= 15 is 0 Å². The molecule has 1 aliphatic rings. The number of anilines is 1. The van der Waals surface area contributed by atoms with Crippen LogP contribution in [0.4, 0.5) is 5.69 Å². The van der Waals surface area contributed by atoms with Crippen molar-refractivity contribution in [2.24, 2.45) is 4.99 Å². The summed E-state index contributed by atoms with van der Waals surface area (Å²) in [4.78, 5) is 19.6. The van der Waals surface area contributed by atoms with E-state index in [-0.39, 0.29) is 29.3 Å². The van der Waals surface area contributed by atoms with Crippen molar-refractivity contribution < 1.29 is 9.53 Å². The van der Waals surface area contributed by atoms with Gasteiger partial charge >= 0.3 is 0 Å². The first-order valence-electron chi connectivity index (χ1n) is 8.91. The number of carbonyl (C=O) groups excluding carboxylic acids is 1. The molecule has 27 heavy (non-hydrogen) atoms. The van der Waals surface area contributed by atoms with Crippen LogP contribution in [0.2, 0.25) is 5.02 Å². The second kappa shape index (κ2) is 10.5. The molecule has 1 aliphatic heterocycles. The molecule has 0 unspecified atom stereocenters. The Hall–Kier alpha value is -1.85. The van der Waals surface area contributed by atoms with E-state index in [1.807, 2.05) is 29.2 Å². The van der Waals surface area contributed by atoms with E-state index in [1.54, 1.807) is 31.4 Å². The first kappa shape index (κ1) is 21.5. The number of amidine groups is 1. The van der Waals surface area contributed by atoms with Crippen molar-refractivity contribution in [1.82, 2.24) is 0 Å². The normalized spacial score (nSPS) is 13.8. The van der Waals surface area contributed by atoms with Gasteiger partial charge in [-0.05, 0) is 61.4 Å². The summed E-state index contributed by atoms with van der Waals surface area (Å²) in [5.74, 6) is 1.82. The molecule has 0 aromatic heterocycles. The standard InChI is InChI=1S/C21H23ClN2O2.BrH/c1-26-19-12-10-18(11-13-19)24(21-5-3-2-4-14-23-21)15-20(25)16-6-8-17(22)9-7-16;/h6-13H,2-5,14-15H2,1H3;1H. The number of hydrogen-bond acceptors (Lipinski definition) is 4. The smallest absolute Gasteiger partial charge is 0.182 e. The number of benzene rings is 2.